The number of rotatable bonds is 3. The number of piperidine rings is 1. The molecule has 1 aromatic heterocycles. The molecule has 124 valence electrons. The molecule has 0 unspecified atom stereocenters. The first kappa shape index (κ1) is 15.9. The van der Waals surface area contributed by atoms with Crippen LogP contribution in [0.4, 0.5) is 13.2 Å². The lowest BCUT2D eigenvalue weighted by Crippen LogP contribution is -2.53. The largest absolute Gasteiger partial charge is 0.417 e. The molecule has 0 atom stereocenters. The van der Waals surface area contributed by atoms with Crippen molar-refractivity contribution in [1.29, 1.82) is 0 Å². The number of halogens is 3. The molecular formula is C15H17F3N4O. The van der Waals surface area contributed by atoms with Crippen molar-refractivity contribution in [3.05, 3.63) is 36.7 Å². The summed E-state index contributed by atoms with van der Waals surface area (Å²) in [5, 5.41) is 14.0. The normalized spacial score (nSPS) is 19.0. The average molecular weight is 326 g/mol. The fraction of sp³-hybridized carbons (Fsp3) is 0.467. The molecule has 8 heteroatoms. The van der Waals surface area contributed by atoms with Gasteiger partial charge in [0.15, 0.2) is 11.4 Å². The molecule has 5 nitrogen and oxygen atoms in total. The molecule has 1 N–H and O–H groups in total. The maximum absolute atomic E-state index is 12.8. The highest BCUT2D eigenvalue weighted by Crippen LogP contribution is 2.38. The number of likely N-dealkylation sites (tertiary alicyclic amines) is 1. The molecule has 0 bridgehead atoms. The van der Waals surface area contributed by atoms with Gasteiger partial charge in [0.25, 0.3) is 0 Å². The van der Waals surface area contributed by atoms with Gasteiger partial charge in [-0.25, -0.2) is 9.67 Å². The lowest BCUT2D eigenvalue weighted by Gasteiger charge is -2.38. The van der Waals surface area contributed by atoms with Gasteiger partial charge in [0.1, 0.15) is 6.33 Å². The van der Waals surface area contributed by atoms with Crippen LogP contribution in [0.5, 0.6) is 0 Å². The van der Waals surface area contributed by atoms with E-state index in [-0.39, 0.29) is 25.9 Å². The average Bonchev–Trinajstić information content (AvgIpc) is 2.98. The number of nitrogens with zero attached hydrogens (tertiary/aromatic N) is 4. The van der Waals surface area contributed by atoms with Gasteiger partial charge in [-0.1, -0.05) is 30.3 Å². The zero-order valence-corrected chi connectivity index (χ0v) is 12.4. The second-order valence-electron chi connectivity index (χ2n) is 5.76. The Balaban J connectivity index is 1.61. The quantitative estimate of drug-likeness (QED) is 0.940. The third kappa shape index (κ3) is 3.37. The number of aromatic nitrogens is 3. The van der Waals surface area contributed by atoms with Crippen molar-refractivity contribution >= 4 is 0 Å². The monoisotopic (exact) mass is 326 g/mol. The van der Waals surface area contributed by atoms with E-state index >= 15 is 0 Å². The van der Waals surface area contributed by atoms with E-state index in [0.717, 1.165) is 5.56 Å². The van der Waals surface area contributed by atoms with Gasteiger partial charge in [0, 0.05) is 18.7 Å². The Hall–Kier alpha value is -1.93. The maximum atomic E-state index is 12.8. The summed E-state index contributed by atoms with van der Waals surface area (Å²) in [5.74, 6) is 0.578. The van der Waals surface area contributed by atoms with Crippen LogP contribution in [0.15, 0.2) is 36.7 Å². The van der Waals surface area contributed by atoms with Crippen LogP contribution in [-0.2, 0) is 6.67 Å². The molecule has 3 rings (SSSR count). The number of benzene rings is 1. The van der Waals surface area contributed by atoms with Gasteiger partial charge in [-0.3, -0.25) is 4.90 Å². The molecule has 0 radical (unpaired) electrons. The Morgan fingerprint density at radius 2 is 1.78 bits per heavy atom. The van der Waals surface area contributed by atoms with Gasteiger partial charge in [-0.2, -0.15) is 13.2 Å². The molecule has 0 spiro atoms. The molecule has 1 aliphatic heterocycles. The highest BCUT2D eigenvalue weighted by atomic mass is 19.4. The van der Waals surface area contributed by atoms with Crippen molar-refractivity contribution in [2.45, 2.75) is 31.3 Å². The second-order valence-corrected chi connectivity index (χ2v) is 5.76. The minimum atomic E-state index is -4.58. The Bertz CT molecular complexity index is 648. The molecule has 1 fully saturated rings. The lowest BCUT2D eigenvalue weighted by molar-refractivity contribution is -0.273. The SMILES string of the molecule is OC1(C(F)(F)F)CCN(Cn2cnc(-c3ccccc3)n2)CC1. The van der Waals surface area contributed by atoms with Gasteiger partial charge in [-0.05, 0) is 12.8 Å². The first-order chi connectivity index (χ1) is 10.9. The van der Waals surface area contributed by atoms with E-state index in [4.69, 9.17) is 0 Å². The summed E-state index contributed by atoms with van der Waals surface area (Å²) in [6.07, 6.45) is -3.66. The van der Waals surface area contributed by atoms with Crippen LogP contribution < -0.4 is 0 Å². The molecule has 1 saturated heterocycles. The fourth-order valence-corrected chi connectivity index (χ4v) is 2.64. The predicted molar refractivity (Wildman–Crippen MR) is 77.3 cm³/mol. The van der Waals surface area contributed by atoms with Crippen LogP contribution in [0.3, 0.4) is 0 Å². The summed E-state index contributed by atoms with van der Waals surface area (Å²) < 4.78 is 39.9. The molecule has 0 aliphatic carbocycles. The van der Waals surface area contributed by atoms with Gasteiger partial charge >= 0.3 is 6.18 Å². The zero-order valence-electron chi connectivity index (χ0n) is 12.4. The topological polar surface area (TPSA) is 54.2 Å². The number of hydrogen-bond donors (Lipinski definition) is 1. The van der Waals surface area contributed by atoms with Crippen molar-refractivity contribution in [2.24, 2.45) is 0 Å². The van der Waals surface area contributed by atoms with Crippen molar-refractivity contribution in [3.8, 4) is 11.4 Å². The van der Waals surface area contributed by atoms with Gasteiger partial charge in [-0.15, -0.1) is 5.10 Å². The first-order valence-corrected chi connectivity index (χ1v) is 7.34. The van der Waals surface area contributed by atoms with Crippen LogP contribution in [0.1, 0.15) is 12.8 Å². The third-order valence-electron chi connectivity index (χ3n) is 4.12. The molecule has 0 saturated carbocycles. The molecule has 2 heterocycles. The van der Waals surface area contributed by atoms with Crippen LogP contribution in [0, 0.1) is 0 Å². The number of hydrogen-bond acceptors (Lipinski definition) is 4. The summed E-state index contributed by atoms with van der Waals surface area (Å²) >= 11 is 0. The van der Waals surface area contributed by atoms with Crippen molar-refractivity contribution < 1.29 is 18.3 Å². The van der Waals surface area contributed by atoms with Gasteiger partial charge < -0.3 is 5.11 Å². The fourth-order valence-electron chi connectivity index (χ4n) is 2.64. The summed E-state index contributed by atoms with van der Waals surface area (Å²) in [7, 11) is 0. The highest BCUT2D eigenvalue weighted by molar-refractivity contribution is 5.53. The van der Waals surface area contributed by atoms with E-state index in [1.807, 2.05) is 35.2 Å². The van der Waals surface area contributed by atoms with E-state index in [9.17, 15) is 18.3 Å². The van der Waals surface area contributed by atoms with E-state index in [2.05, 4.69) is 10.1 Å². The highest BCUT2D eigenvalue weighted by Gasteiger charge is 2.54. The summed E-state index contributed by atoms with van der Waals surface area (Å²) in [6, 6.07) is 9.46. The van der Waals surface area contributed by atoms with Gasteiger partial charge in [0.05, 0.1) is 6.67 Å². The number of aliphatic hydroxyl groups is 1. The minimum Gasteiger partial charge on any atom is -0.380 e. The molecule has 0 amide bonds. The Kier molecular flexibility index (Phi) is 4.11. The van der Waals surface area contributed by atoms with Gasteiger partial charge in [0.2, 0.25) is 0 Å². The molecular weight excluding hydrogens is 309 g/mol. The summed E-state index contributed by atoms with van der Waals surface area (Å²) in [4.78, 5) is 6.04. The molecule has 2 aromatic rings. The van der Waals surface area contributed by atoms with E-state index in [1.165, 1.54) is 0 Å². The molecule has 1 aromatic carbocycles. The minimum absolute atomic E-state index is 0.163. The lowest BCUT2D eigenvalue weighted by atomic mass is 9.91. The Labute approximate surface area is 131 Å². The van der Waals surface area contributed by atoms with Crippen LogP contribution in [0.2, 0.25) is 0 Å². The molecule has 1 aliphatic rings. The molecule has 23 heavy (non-hydrogen) atoms. The second kappa shape index (κ2) is 5.93. The summed E-state index contributed by atoms with van der Waals surface area (Å²) in [6.45, 7) is 0.681. The smallest absolute Gasteiger partial charge is 0.380 e. The van der Waals surface area contributed by atoms with Crippen molar-refractivity contribution in [1.82, 2.24) is 19.7 Å². The van der Waals surface area contributed by atoms with Crippen LogP contribution in [0.25, 0.3) is 11.4 Å². The Morgan fingerprint density at radius 3 is 2.39 bits per heavy atom. The Morgan fingerprint density at radius 1 is 1.13 bits per heavy atom. The van der Waals surface area contributed by atoms with Crippen LogP contribution >= 0.6 is 0 Å². The zero-order chi connectivity index (χ0) is 16.5. The standard InChI is InChI=1S/C15H17F3N4O/c16-15(17,18)14(23)6-8-21(9-7-14)11-22-10-19-13(20-22)12-4-2-1-3-5-12/h1-5,10,23H,6-9,11H2. The number of alkyl halides is 3. The van der Waals surface area contributed by atoms with E-state index < -0.39 is 11.8 Å². The van der Waals surface area contributed by atoms with E-state index in [0.29, 0.717) is 12.5 Å². The van der Waals surface area contributed by atoms with E-state index in [1.54, 1.807) is 11.0 Å². The summed E-state index contributed by atoms with van der Waals surface area (Å²) in [5.41, 5.74) is -1.68. The first-order valence-electron chi connectivity index (χ1n) is 7.34. The van der Waals surface area contributed by atoms with Crippen LogP contribution in [-0.4, -0.2) is 49.6 Å². The predicted octanol–water partition coefficient (Wildman–Crippen LogP) is 2.29. The van der Waals surface area contributed by atoms with Crippen molar-refractivity contribution in [3.63, 3.8) is 0 Å². The maximum Gasteiger partial charge on any atom is 0.417 e. The third-order valence-corrected chi connectivity index (χ3v) is 4.12. The van der Waals surface area contributed by atoms with Crippen molar-refractivity contribution in [2.75, 3.05) is 13.1 Å².